The number of hydrogen-bond acceptors (Lipinski definition) is 7. The average Bonchev–Trinajstić information content (AvgIpc) is 3.70. The molecule has 2 aromatic heterocycles. The molecule has 1 spiro atoms. The Morgan fingerprint density at radius 1 is 1.00 bits per heavy atom. The van der Waals surface area contributed by atoms with Gasteiger partial charge in [0, 0.05) is 38.2 Å². The molecule has 1 aliphatic carbocycles. The topological polar surface area (TPSA) is 120 Å². The van der Waals surface area contributed by atoms with E-state index in [2.05, 4.69) is 19.9 Å². The first-order chi connectivity index (χ1) is 18.4. The van der Waals surface area contributed by atoms with Gasteiger partial charge in [0.25, 0.3) is 5.91 Å². The van der Waals surface area contributed by atoms with Gasteiger partial charge < -0.3 is 5.11 Å². The molecule has 2 unspecified atom stereocenters. The van der Waals surface area contributed by atoms with Crippen LogP contribution in [0.1, 0.15) is 42.0 Å². The zero-order valence-corrected chi connectivity index (χ0v) is 21.0. The molecule has 2 saturated heterocycles. The minimum atomic E-state index is -1.09. The highest BCUT2D eigenvalue weighted by molar-refractivity contribution is 6.30. The zero-order chi connectivity index (χ0) is 26.4. The van der Waals surface area contributed by atoms with Crippen LogP contribution in [0.25, 0.3) is 0 Å². The van der Waals surface area contributed by atoms with Crippen LogP contribution in [0.4, 0.5) is 16.4 Å². The standard InChI is InChI=1S/C28H28N6O4/c1-18-4-2-11-29-23(18)17-32-14-9-28(10-15-32)25(37)33(27(38)34(28)26-30-12-3-13-31-26)20-7-5-19(6-8-20)21-16-22(21)24(35)36/h2-8,11-13,21-22H,9-10,14-17H2,1H3,(H,35,36). The number of anilines is 2. The molecule has 3 aromatic rings. The monoisotopic (exact) mass is 512 g/mol. The Labute approximate surface area is 219 Å². The number of nitrogens with zero attached hydrogens (tertiary/aromatic N) is 6. The van der Waals surface area contributed by atoms with E-state index in [1.54, 1.807) is 36.8 Å². The molecule has 38 heavy (non-hydrogen) atoms. The number of carboxylic acid groups (broad SMARTS) is 1. The van der Waals surface area contributed by atoms with Crippen LogP contribution in [0.2, 0.25) is 0 Å². The number of benzene rings is 1. The van der Waals surface area contributed by atoms with Crippen LogP contribution in [0, 0.1) is 12.8 Å². The molecule has 0 bridgehead atoms. The summed E-state index contributed by atoms with van der Waals surface area (Å²) in [5.41, 5.74) is 2.40. The summed E-state index contributed by atoms with van der Waals surface area (Å²) in [6.45, 7) is 3.94. The summed E-state index contributed by atoms with van der Waals surface area (Å²) in [7, 11) is 0. The average molecular weight is 513 g/mol. The molecule has 3 fully saturated rings. The van der Waals surface area contributed by atoms with Gasteiger partial charge in [-0.05, 0) is 67.5 Å². The van der Waals surface area contributed by atoms with Crippen LogP contribution in [0.5, 0.6) is 0 Å². The van der Waals surface area contributed by atoms with Crippen LogP contribution in [0.15, 0.2) is 61.1 Å². The maximum atomic E-state index is 14.1. The molecule has 2 atom stereocenters. The second kappa shape index (κ2) is 9.29. The van der Waals surface area contributed by atoms with Gasteiger partial charge in [0.05, 0.1) is 17.3 Å². The highest BCUT2D eigenvalue weighted by Gasteiger charge is 2.60. The predicted molar refractivity (Wildman–Crippen MR) is 139 cm³/mol. The summed E-state index contributed by atoms with van der Waals surface area (Å²) < 4.78 is 0. The summed E-state index contributed by atoms with van der Waals surface area (Å²) in [4.78, 5) is 57.3. The van der Waals surface area contributed by atoms with Gasteiger partial charge in [-0.2, -0.15) is 0 Å². The summed E-state index contributed by atoms with van der Waals surface area (Å²) >= 11 is 0. The molecule has 3 amide bonds. The molecule has 10 nitrogen and oxygen atoms in total. The van der Waals surface area contributed by atoms with Crippen molar-refractivity contribution in [3.8, 4) is 0 Å². The van der Waals surface area contributed by atoms with E-state index in [9.17, 15) is 19.5 Å². The maximum Gasteiger partial charge on any atom is 0.339 e. The molecule has 1 aromatic carbocycles. The van der Waals surface area contributed by atoms with Gasteiger partial charge in [-0.1, -0.05) is 18.2 Å². The fourth-order valence-electron chi connectivity index (χ4n) is 5.71. The summed E-state index contributed by atoms with van der Waals surface area (Å²) in [5.74, 6) is -1.27. The Morgan fingerprint density at radius 3 is 2.32 bits per heavy atom. The van der Waals surface area contributed by atoms with Crippen molar-refractivity contribution < 1.29 is 19.5 Å². The lowest BCUT2D eigenvalue weighted by Crippen LogP contribution is -2.57. The first-order valence-electron chi connectivity index (χ1n) is 12.8. The summed E-state index contributed by atoms with van der Waals surface area (Å²) in [6.07, 6.45) is 6.41. The minimum Gasteiger partial charge on any atom is -0.481 e. The summed E-state index contributed by atoms with van der Waals surface area (Å²) in [5, 5.41) is 9.25. The molecule has 2 aliphatic heterocycles. The lowest BCUT2D eigenvalue weighted by atomic mass is 9.85. The zero-order valence-electron chi connectivity index (χ0n) is 21.0. The largest absolute Gasteiger partial charge is 0.481 e. The molecule has 3 aliphatic rings. The quantitative estimate of drug-likeness (QED) is 0.499. The third-order valence-corrected chi connectivity index (χ3v) is 8.03. The first-order valence-corrected chi connectivity index (χ1v) is 12.8. The number of aryl methyl sites for hydroxylation is 1. The Morgan fingerprint density at radius 2 is 1.68 bits per heavy atom. The van der Waals surface area contributed by atoms with Crippen molar-refractivity contribution in [1.29, 1.82) is 0 Å². The van der Waals surface area contributed by atoms with E-state index >= 15 is 0 Å². The van der Waals surface area contributed by atoms with E-state index in [1.807, 2.05) is 31.2 Å². The van der Waals surface area contributed by atoms with Gasteiger partial charge in [-0.15, -0.1) is 0 Å². The van der Waals surface area contributed by atoms with Crippen LogP contribution in [-0.2, 0) is 16.1 Å². The number of imide groups is 1. The number of rotatable bonds is 6. The van der Waals surface area contributed by atoms with Crippen LogP contribution < -0.4 is 9.80 Å². The number of aromatic nitrogens is 3. The van der Waals surface area contributed by atoms with Crippen molar-refractivity contribution in [3.05, 3.63) is 77.9 Å². The van der Waals surface area contributed by atoms with Crippen molar-refractivity contribution in [1.82, 2.24) is 19.9 Å². The molecular formula is C28H28N6O4. The maximum absolute atomic E-state index is 14.1. The molecule has 0 radical (unpaired) electrons. The molecule has 6 rings (SSSR count). The van der Waals surface area contributed by atoms with Gasteiger partial charge in [0.2, 0.25) is 5.95 Å². The van der Waals surface area contributed by atoms with Crippen LogP contribution >= 0.6 is 0 Å². The first kappa shape index (κ1) is 24.2. The van der Waals surface area contributed by atoms with Crippen molar-refractivity contribution >= 4 is 29.5 Å². The van der Waals surface area contributed by atoms with E-state index in [-0.39, 0.29) is 23.7 Å². The smallest absolute Gasteiger partial charge is 0.339 e. The van der Waals surface area contributed by atoms with Crippen molar-refractivity contribution in [2.75, 3.05) is 22.9 Å². The van der Waals surface area contributed by atoms with E-state index in [4.69, 9.17) is 0 Å². The lowest BCUT2D eigenvalue weighted by Gasteiger charge is -2.41. The van der Waals surface area contributed by atoms with E-state index in [1.165, 1.54) is 9.80 Å². The van der Waals surface area contributed by atoms with Gasteiger partial charge in [0.15, 0.2) is 0 Å². The third kappa shape index (κ3) is 4.01. The van der Waals surface area contributed by atoms with E-state index in [0.717, 1.165) is 16.8 Å². The molecule has 10 heteroatoms. The van der Waals surface area contributed by atoms with Crippen molar-refractivity contribution in [2.24, 2.45) is 5.92 Å². The number of urea groups is 1. The van der Waals surface area contributed by atoms with Gasteiger partial charge in [-0.3, -0.25) is 19.5 Å². The third-order valence-electron chi connectivity index (χ3n) is 8.03. The minimum absolute atomic E-state index is 0.0286. The molecule has 194 valence electrons. The Hall–Kier alpha value is -4.18. The SMILES string of the molecule is Cc1cccnc1CN1CCC2(CC1)C(=O)N(c1ccc(C3CC3C(=O)O)cc1)C(=O)N2c1ncccn1. The van der Waals surface area contributed by atoms with Crippen LogP contribution in [0.3, 0.4) is 0 Å². The van der Waals surface area contributed by atoms with E-state index in [0.29, 0.717) is 44.6 Å². The Bertz CT molecular complexity index is 1390. The number of amides is 3. The number of carboxylic acids is 1. The molecular weight excluding hydrogens is 484 g/mol. The second-order valence-corrected chi connectivity index (χ2v) is 10.3. The highest BCUT2D eigenvalue weighted by atomic mass is 16.4. The number of piperidine rings is 1. The Kier molecular flexibility index (Phi) is 5.91. The predicted octanol–water partition coefficient (Wildman–Crippen LogP) is 3.38. The number of hydrogen-bond donors (Lipinski definition) is 1. The number of aliphatic carboxylic acids is 1. The van der Waals surface area contributed by atoms with Crippen molar-refractivity contribution in [3.63, 3.8) is 0 Å². The summed E-state index contributed by atoms with van der Waals surface area (Å²) in [6, 6.07) is 12.2. The lowest BCUT2D eigenvalue weighted by molar-refractivity contribution is -0.138. The highest BCUT2D eigenvalue weighted by Crippen LogP contribution is 2.48. The molecule has 1 saturated carbocycles. The van der Waals surface area contributed by atoms with Gasteiger partial charge in [0.1, 0.15) is 5.54 Å². The van der Waals surface area contributed by atoms with Crippen molar-refractivity contribution in [2.45, 2.75) is 44.2 Å². The fourth-order valence-corrected chi connectivity index (χ4v) is 5.71. The van der Waals surface area contributed by atoms with Gasteiger partial charge >= 0.3 is 12.0 Å². The number of likely N-dealkylation sites (tertiary alicyclic amines) is 1. The number of carbonyl (C=O) groups is 3. The Balaban J connectivity index is 1.27. The number of carbonyl (C=O) groups excluding carboxylic acids is 2. The molecule has 1 N–H and O–H groups in total. The van der Waals surface area contributed by atoms with Gasteiger partial charge in [-0.25, -0.2) is 24.6 Å². The number of pyridine rings is 1. The normalized spacial score (nSPS) is 22.8. The second-order valence-electron chi connectivity index (χ2n) is 10.3. The van der Waals surface area contributed by atoms with E-state index < -0.39 is 17.5 Å². The molecule has 4 heterocycles. The van der Waals surface area contributed by atoms with Crippen LogP contribution in [-0.4, -0.2) is 61.5 Å². The fraction of sp³-hybridized carbons (Fsp3) is 0.357.